The van der Waals surface area contributed by atoms with Crippen molar-refractivity contribution in [3.8, 4) is 11.8 Å². The summed E-state index contributed by atoms with van der Waals surface area (Å²) in [6.07, 6.45) is 11.2. The molecule has 0 radical (unpaired) electrons. The van der Waals surface area contributed by atoms with Crippen LogP contribution in [0.2, 0.25) is 0 Å². The van der Waals surface area contributed by atoms with Crippen molar-refractivity contribution < 1.29 is 9.90 Å². The molecule has 2 unspecified atom stereocenters. The van der Waals surface area contributed by atoms with Crippen molar-refractivity contribution in [2.75, 3.05) is 11.9 Å². The molecule has 1 aliphatic carbocycles. The van der Waals surface area contributed by atoms with Crippen LogP contribution in [0.3, 0.4) is 0 Å². The maximum absolute atomic E-state index is 13.1. The Morgan fingerprint density at radius 3 is 2.70 bits per heavy atom. The van der Waals surface area contributed by atoms with E-state index < -0.39 is 20.1 Å². The molecule has 3 aliphatic rings. The zero-order chi connectivity index (χ0) is 25.8. The van der Waals surface area contributed by atoms with Gasteiger partial charge in [-0.3, -0.25) is 0 Å². The van der Waals surface area contributed by atoms with Gasteiger partial charge in [-0.2, -0.15) is 5.26 Å². The van der Waals surface area contributed by atoms with Gasteiger partial charge in [-0.05, 0) is 0 Å². The van der Waals surface area contributed by atoms with Crippen molar-refractivity contribution in [2.24, 2.45) is 15.0 Å². The summed E-state index contributed by atoms with van der Waals surface area (Å²) in [5.74, 6) is 0.679. The predicted octanol–water partition coefficient (Wildman–Crippen LogP) is 7.04. The van der Waals surface area contributed by atoms with E-state index in [1.54, 1.807) is 30.3 Å². The fraction of sp³-hybridized carbons (Fsp3) is 0.276. The number of hydrogen-bond acceptors (Lipinski definition) is 5. The molecule has 2 aliphatic heterocycles. The number of phenols is 1. The number of allylic oxidation sites excluding steroid dienone is 5. The van der Waals surface area contributed by atoms with E-state index in [2.05, 4.69) is 44.8 Å². The molecule has 0 bridgehead atoms. The van der Waals surface area contributed by atoms with Gasteiger partial charge in [-0.25, -0.2) is 0 Å². The summed E-state index contributed by atoms with van der Waals surface area (Å²) >= 11 is 1.74. The van der Waals surface area contributed by atoms with Gasteiger partial charge in [0.05, 0.1) is 6.07 Å². The van der Waals surface area contributed by atoms with Gasteiger partial charge >= 0.3 is 223 Å². The molecule has 2 aromatic carbocycles. The van der Waals surface area contributed by atoms with Gasteiger partial charge in [0.1, 0.15) is 0 Å². The van der Waals surface area contributed by atoms with Crippen LogP contribution < -0.4 is 10.6 Å². The Bertz CT molecular complexity index is 1360. The number of carbonyl (C=O) groups is 1. The molecule has 3 N–H and O–H groups in total. The fourth-order valence-corrected chi connectivity index (χ4v) is 10.7. The number of phenolic OH excluding ortho intramolecular Hbond substituents is 1. The second kappa shape index (κ2) is 11.7. The summed E-state index contributed by atoms with van der Waals surface area (Å²) < 4.78 is 8.25. The molecule has 0 saturated heterocycles. The summed E-state index contributed by atoms with van der Waals surface area (Å²) in [7, 11) is 0. The first kappa shape index (κ1) is 25.7. The van der Waals surface area contributed by atoms with Gasteiger partial charge in [-0.15, -0.1) is 0 Å². The molecule has 8 heteroatoms. The third kappa shape index (κ3) is 5.99. The van der Waals surface area contributed by atoms with Crippen LogP contribution in [0, 0.1) is 23.2 Å². The molecule has 2 heterocycles. The number of amides is 1. The number of nitriles is 1. The van der Waals surface area contributed by atoms with Crippen LogP contribution in [-0.4, -0.2) is 23.8 Å². The number of hydrogen-bond donors (Lipinski definition) is 3. The SMILES string of the molecule is N#Cc1ccc(NC(=O)C2CCCCC(CNC3=CC(c4ccccc4O)=CC4=C(Br)C=NI34)C2)cc1. The molecule has 2 aromatic rings. The number of nitrogens with one attached hydrogen (secondary N) is 2. The summed E-state index contributed by atoms with van der Waals surface area (Å²) in [5.41, 5.74) is 3.10. The molecule has 2 atom stereocenters. The second-order valence-electron chi connectivity index (χ2n) is 9.44. The molecular weight excluding hydrogens is 643 g/mol. The Kier molecular flexibility index (Phi) is 8.11. The maximum atomic E-state index is 13.1. The van der Waals surface area contributed by atoms with E-state index >= 15 is 0 Å². The standard InChI is InChI=1S/C29H28BrIN4O2/c30-25-18-34-31-26(25)14-22(24-7-3-4-8-27(24)36)15-28(31)33-17-20-5-1-2-6-21(13-20)29(37)35-23-11-9-19(16-32)10-12-23/h3-4,7-12,14-15,18,20-21,33,36H,1-2,5-6,13,17H2,(H,35,37). The average molecular weight is 671 g/mol. The summed E-state index contributed by atoms with van der Waals surface area (Å²) in [6, 6.07) is 16.5. The molecule has 1 amide bonds. The van der Waals surface area contributed by atoms with Crippen LogP contribution in [0.1, 0.15) is 43.2 Å². The summed E-state index contributed by atoms with van der Waals surface area (Å²) in [4.78, 5) is 13.1. The first-order valence-corrected chi connectivity index (χ1v) is 16.3. The van der Waals surface area contributed by atoms with Crippen LogP contribution in [0.15, 0.2) is 75.7 Å². The van der Waals surface area contributed by atoms with E-state index in [1.807, 2.05) is 24.4 Å². The number of fused-ring (bicyclic) bond motifs is 1. The van der Waals surface area contributed by atoms with Gasteiger partial charge < -0.3 is 0 Å². The zero-order valence-corrected chi connectivity index (χ0v) is 24.0. The molecule has 0 aromatic heterocycles. The van der Waals surface area contributed by atoms with E-state index in [9.17, 15) is 9.90 Å². The molecular formula is C29H28BrIN4O2. The minimum atomic E-state index is -1.93. The number of carbonyl (C=O) groups excluding carboxylic acids is 1. The van der Waals surface area contributed by atoms with Gasteiger partial charge in [0.25, 0.3) is 0 Å². The third-order valence-corrected chi connectivity index (χ3v) is 12.9. The number of aromatic hydroxyl groups is 1. The topological polar surface area (TPSA) is 97.5 Å². The van der Waals surface area contributed by atoms with E-state index in [4.69, 9.17) is 8.47 Å². The van der Waals surface area contributed by atoms with E-state index in [0.717, 1.165) is 63.7 Å². The zero-order valence-electron chi connectivity index (χ0n) is 20.3. The Balaban J connectivity index is 1.27. The van der Waals surface area contributed by atoms with E-state index in [1.165, 1.54) is 3.58 Å². The van der Waals surface area contributed by atoms with Crippen molar-refractivity contribution in [2.45, 2.75) is 32.1 Å². The number of halogens is 2. The Morgan fingerprint density at radius 1 is 1.14 bits per heavy atom. The van der Waals surface area contributed by atoms with E-state index in [-0.39, 0.29) is 17.6 Å². The van der Waals surface area contributed by atoms with Gasteiger partial charge in [0.15, 0.2) is 0 Å². The molecule has 190 valence electrons. The third-order valence-electron chi connectivity index (χ3n) is 6.90. The first-order valence-electron chi connectivity index (χ1n) is 12.4. The second-order valence-corrected chi connectivity index (χ2v) is 14.7. The van der Waals surface area contributed by atoms with Crippen molar-refractivity contribution >= 4 is 59.4 Å². The van der Waals surface area contributed by atoms with Crippen molar-refractivity contribution in [3.05, 3.63) is 83.6 Å². The number of anilines is 1. The Morgan fingerprint density at radius 2 is 1.92 bits per heavy atom. The molecule has 6 nitrogen and oxygen atoms in total. The summed E-state index contributed by atoms with van der Waals surface area (Å²) in [6.45, 7) is 0.801. The average Bonchev–Trinajstić information content (AvgIpc) is 3.13. The van der Waals surface area contributed by atoms with Crippen LogP contribution in [0.25, 0.3) is 5.57 Å². The quantitative estimate of drug-likeness (QED) is 0.175. The van der Waals surface area contributed by atoms with Crippen molar-refractivity contribution in [1.82, 2.24) is 5.32 Å². The van der Waals surface area contributed by atoms with Crippen LogP contribution in [-0.2, 0) is 4.79 Å². The molecule has 37 heavy (non-hydrogen) atoms. The van der Waals surface area contributed by atoms with Crippen LogP contribution in [0.5, 0.6) is 5.75 Å². The molecule has 0 spiro atoms. The van der Waals surface area contributed by atoms with Gasteiger partial charge in [0.2, 0.25) is 0 Å². The molecule has 5 rings (SSSR count). The fourth-order valence-electron chi connectivity index (χ4n) is 4.93. The Hall–Kier alpha value is -2.90. The van der Waals surface area contributed by atoms with Gasteiger partial charge in [-0.1, -0.05) is 0 Å². The van der Waals surface area contributed by atoms with Crippen molar-refractivity contribution in [3.63, 3.8) is 0 Å². The number of para-hydroxylation sites is 1. The Labute approximate surface area is 233 Å². The number of nitrogens with zero attached hydrogens (tertiary/aromatic N) is 2. The summed E-state index contributed by atoms with van der Waals surface area (Å²) in [5, 5.41) is 26.2. The predicted molar refractivity (Wildman–Crippen MR) is 160 cm³/mol. The number of rotatable bonds is 6. The van der Waals surface area contributed by atoms with Crippen molar-refractivity contribution in [1.29, 1.82) is 5.26 Å². The molecule has 1 fully saturated rings. The van der Waals surface area contributed by atoms with Crippen LogP contribution in [0.4, 0.5) is 5.69 Å². The first-order chi connectivity index (χ1) is 18.0. The minimum absolute atomic E-state index is 0.0325. The van der Waals surface area contributed by atoms with E-state index in [0.29, 0.717) is 11.5 Å². The number of benzene rings is 2. The monoisotopic (exact) mass is 670 g/mol. The van der Waals surface area contributed by atoms with Crippen LogP contribution >= 0.6 is 36.0 Å². The normalized spacial score (nSPS) is 21.9. The van der Waals surface area contributed by atoms with Gasteiger partial charge in [0, 0.05) is 0 Å². The molecule has 1 saturated carbocycles.